The third-order valence-corrected chi connectivity index (χ3v) is 3.19. The molecular weight excluding hydrogens is 257 g/mol. The number of nitrogens with two attached hydrogens (primary N) is 1. The molecule has 0 saturated heterocycles. The summed E-state index contributed by atoms with van der Waals surface area (Å²) in [6.45, 7) is 1.88. The molecule has 4 nitrogen and oxygen atoms in total. The monoisotopic (exact) mass is 269 g/mol. The van der Waals surface area contributed by atoms with Gasteiger partial charge in [0.1, 0.15) is 5.65 Å². The van der Waals surface area contributed by atoms with Crippen molar-refractivity contribution in [3.05, 3.63) is 59.2 Å². The number of ketones is 1. The lowest BCUT2D eigenvalue weighted by Gasteiger charge is -2.04. The number of benzene rings is 1. The van der Waals surface area contributed by atoms with Crippen molar-refractivity contribution >= 4 is 22.5 Å². The predicted molar refractivity (Wildman–Crippen MR) is 75.1 cm³/mol. The van der Waals surface area contributed by atoms with Crippen molar-refractivity contribution in [1.82, 2.24) is 9.97 Å². The molecule has 0 unspecified atom stereocenters. The van der Waals surface area contributed by atoms with Gasteiger partial charge in [0.15, 0.2) is 11.6 Å². The predicted octanol–water partition coefficient (Wildman–Crippen LogP) is 2.82. The van der Waals surface area contributed by atoms with E-state index in [9.17, 15) is 9.18 Å². The van der Waals surface area contributed by atoms with Crippen LogP contribution in [0, 0.1) is 12.7 Å². The molecule has 0 saturated carbocycles. The van der Waals surface area contributed by atoms with Gasteiger partial charge in [-0.25, -0.2) is 9.37 Å². The second-order valence-corrected chi connectivity index (χ2v) is 4.65. The summed E-state index contributed by atoms with van der Waals surface area (Å²) in [7, 11) is 0. The van der Waals surface area contributed by atoms with Gasteiger partial charge in [0.2, 0.25) is 0 Å². The van der Waals surface area contributed by atoms with Gasteiger partial charge < -0.3 is 10.7 Å². The largest absolute Gasteiger partial charge is 0.396 e. The molecule has 2 heterocycles. The minimum Gasteiger partial charge on any atom is -0.396 e. The lowest BCUT2D eigenvalue weighted by molar-refractivity contribution is 0.103. The number of nitrogen functional groups attached to an aromatic ring is 1. The smallest absolute Gasteiger partial charge is 0.198 e. The summed E-state index contributed by atoms with van der Waals surface area (Å²) in [6.07, 6.45) is 3.25. The van der Waals surface area contributed by atoms with Crippen molar-refractivity contribution in [3.63, 3.8) is 0 Å². The lowest BCUT2D eigenvalue weighted by Crippen LogP contribution is -2.06. The number of anilines is 1. The molecule has 0 fully saturated rings. The van der Waals surface area contributed by atoms with Crippen LogP contribution in [0.5, 0.6) is 0 Å². The molecule has 0 bridgehead atoms. The standard InChI is InChI=1S/C15H12FN3O/c1-8-5-10-11(7-19-15(10)18-6-8)14(20)9-3-2-4-12(17)13(9)16/h2-7H,17H2,1H3,(H,18,19). The highest BCUT2D eigenvalue weighted by molar-refractivity contribution is 6.16. The summed E-state index contributed by atoms with van der Waals surface area (Å²) in [4.78, 5) is 19.6. The molecule has 0 atom stereocenters. The quantitative estimate of drug-likeness (QED) is 0.555. The Hall–Kier alpha value is -2.69. The van der Waals surface area contributed by atoms with Crippen LogP contribution in [0.4, 0.5) is 10.1 Å². The van der Waals surface area contributed by atoms with E-state index in [0.29, 0.717) is 16.6 Å². The highest BCUT2D eigenvalue weighted by atomic mass is 19.1. The maximum atomic E-state index is 14.0. The number of nitrogens with one attached hydrogen (secondary N) is 1. The number of rotatable bonds is 2. The van der Waals surface area contributed by atoms with E-state index in [0.717, 1.165) is 5.56 Å². The molecule has 1 aromatic carbocycles. The van der Waals surface area contributed by atoms with E-state index in [2.05, 4.69) is 9.97 Å². The van der Waals surface area contributed by atoms with Crippen LogP contribution < -0.4 is 5.73 Å². The number of H-pyrrole nitrogens is 1. The number of aromatic amines is 1. The molecule has 0 aliphatic rings. The van der Waals surface area contributed by atoms with Crippen LogP contribution in [0.25, 0.3) is 11.0 Å². The van der Waals surface area contributed by atoms with Crippen molar-refractivity contribution in [2.24, 2.45) is 0 Å². The normalized spacial score (nSPS) is 10.9. The number of aromatic nitrogens is 2. The van der Waals surface area contributed by atoms with Crippen LogP contribution in [0.15, 0.2) is 36.7 Å². The Kier molecular flexibility index (Phi) is 2.75. The highest BCUT2D eigenvalue weighted by Crippen LogP contribution is 2.23. The molecule has 3 rings (SSSR count). The van der Waals surface area contributed by atoms with Crippen LogP contribution in [-0.4, -0.2) is 15.8 Å². The highest BCUT2D eigenvalue weighted by Gasteiger charge is 2.19. The van der Waals surface area contributed by atoms with Crippen LogP contribution >= 0.6 is 0 Å². The number of carbonyl (C=O) groups is 1. The van der Waals surface area contributed by atoms with Gasteiger partial charge in [-0.2, -0.15) is 0 Å². The lowest BCUT2D eigenvalue weighted by atomic mass is 10.0. The molecule has 100 valence electrons. The summed E-state index contributed by atoms with van der Waals surface area (Å²) in [6, 6.07) is 6.25. The molecule has 3 N–H and O–H groups in total. The number of halogens is 1. The topological polar surface area (TPSA) is 71.8 Å². The summed E-state index contributed by atoms with van der Waals surface area (Å²) >= 11 is 0. The zero-order chi connectivity index (χ0) is 14.3. The van der Waals surface area contributed by atoms with E-state index in [1.54, 1.807) is 18.5 Å². The second-order valence-electron chi connectivity index (χ2n) is 4.65. The Morgan fingerprint density at radius 1 is 1.35 bits per heavy atom. The van der Waals surface area contributed by atoms with Gasteiger partial charge in [-0.1, -0.05) is 6.07 Å². The number of fused-ring (bicyclic) bond motifs is 1. The first kappa shape index (κ1) is 12.3. The number of carbonyl (C=O) groups excluding carboxylic acids is 1. The van der Waals surface area contributed by atoms with Gasteiger partial charge in [-0.3, -0.25) is 4.79 Å². The number of hydrogen-bond acceptors (Lipinski definition) is 3. The number of aryl methyl sites for hydroxylation is 1. The zero-order valence-electron chi connectivity index (χ0n) is 10.8. The fourth-order valence-electron chi connectivity index (χ4n) is 2.17. The Morgan fingerprint density at radius 2 is 2.15 bits per heavy atom. The molecule has 0 spiro atoms. The van der Waals surface area contributed by atoms with Crippen LogP contribution in [0.1, 0.15) is 21.5 Å². The third kappa shape index (κ3) is 1.84. The fourth-order valence-corrected chi connectivity index (χ4v) is 2.17. The molecule has 0 aliphatic carbocycles. The first-order valence-corrected chi connectivity index (χ1v) is 6.10. The van der Waals surface area contributed by atoms with E-state index < -0.39 is 11.6 Å². The minimum absolute atomic E-state index is 0.0348. The second kappa shape index (κ2) is 4.45. The molecular formula is C15H12FN3O. The van der Waals surface area contributed by atoms with Gasteiger partial charge in [0.25, 0.3) is 0 Å². The average Bonchev–Trinajstić information content (AvgIpc) is 2.84. The molecule has 3 aromatic rings. The Bertz CT molecular complexity index is 823. The number of pyridine rings is 1. The molecule has 0 amide bonds. The molecule has 2 aromatic heterocycles. The minimum atomic E-state index is -0.688. The van der Waals surface area contributed by atoms with E-state index in [4.69, 9.17) is 5.73 Å². The van der Waals surface area contributed by atoms with E-state index in [1.165, 1.54) is 12.1 Å². The van der Waals surface area contributed by atoms with Gasteiger partial charge in [-0.15, -0.1) is 0 Å². The van der Waals surface area contributed by atoms with Crippen LogP contribution in [0.2, 0.25) is 0 Å². The zero-order valence-corrected chi connectivity index (χ0v) is 10.8. The Balaban J connectivity index is 2.18. The van der Waals surface area contributed by atoms with Gasteiger partial charge in [0, 0.05) is 23.3 Å². The van der Waals surface area contributed by atoms with Crippen LogP contribution in [0.3, 0.4) is 0 Å². The Morgan fingerprint density at radius 3 is 2.95 bits per heavy atom. The maximum absolute atomic E-state index is 14.0. The first-order chi connectivity index (χ1) is 9.58. The molecule has 0 aliphatic heterocycles. The van der Waals surface area contributed by atoms with Crippen molar-refractivity contribution < 1.29 is 9.18 Å². The Labute approximate surface area is 114 Å². The fraction of sp³-hybridized carbons (Fsp3) is 0.0667. The number of nitrogens with zero attached hydrogens (tertiary/aromatic N) is 1. The summed E-state index contributed by atoms with van der Waals surface area (Å²) in [5.41, 5.74) is 7.35. The number of hydrogen-bond donors (Lipinski definition) is 2. The van der Waals surface area contributed by atoms with Gasteiger partial charge in [0.05, 0.1) is 11.3 Å². The third-order valence-electron chi connectivity index (χ3n) is 3.19. The average molecular weight is 269 g/mol. The molecule has 5 heteroatoms. The van der Waals surface area contributed by atoms with Crippen molar-refractivity contribution in [1.29, 1.82) is 0 Å². The maximum Gasteiger partial charge on any atom is 0.198 e. The van der Waals surface area contributed by atoms with E-state index in [1.807, 2.05) is 13.0 Å². The molecule has 0 radical (unpaired) electrons. The summed E-state index contributed by atoms with van der Waals surface area (Å²) in [5, 5.41) is 0.678. The van der Waals surface area contributed by atoms with Crippen LogP contribution in [-0.2, 0) is 0 Å². The summed E-state index contributed by atoms with van der Waals surface area (Å²) < 4.78 is 14.0. The first-order valence-electron chi connectivity index (χ1n) is 6.10. The van der Waals surface area contributed by atoms with Crippen molar-refractivity contribution in [3.8, 4) is 0 Å². The van der Waals surface area contributed by atoms with E-state index in [-0.39, 0.29) is 11.3 Å². The molecule has 20 heavy (non-hydrogen) atoms. The summed E-state index contributed by atoms with van der Waals surface area (Å²) in [5.74, 6) is -1.10. The van der Waals surface area contributed by atoms with Gasteiger partial charge in [-0.05, 0) is 30.7 Å². The SMILES string of the molecule is Cc1cnc2[nH]cc(C(=O)c3cccc(N)c3F)c2c1. The van der Waals surface area contributed by atoms with E-state index >= 15 is 0 Å². The van der Waals surface area contributed by atoms with Gasteiger partial charge >= 0.3 is 0 Å². The van der Waals surface area contributed by atoms with Crippen molar-refractivity contribution in [2.45, 2.75) is 6.92 Å². The van der Waals surface area contributed by atoms with Crippen molar-refractivity contribution in [2.75, 3.05) is 5.73 Å².